The molecule has 3 amide bonds. The van der Waals surface area contributed by atoms with Crippen LogP contribution in [0.1, 0.15) is 38.5 Å². The van der Waals surface area contributed by atoms with E-state index in [1.165, 1.54) is 0 Å². The van der Waals surface area contributed by atoms with Crippen molar-refractivity contribution in [1.82, 2.24) is 16.0 Å². The number of amides is 3. The number of carbonyl (C=O) groups is 5. The summed E-state index contributed by atoms with van der Waals surface area (Å²) in [5.74, 6) is -5.01. The van der Waals surface area contributed by atoms with E-state index in [2.05, 4.69) is 20.9 Å². The highest BCUT2D eigenvalue weighted by atomic mass is 16.4. The second-order valence-corrected chi connectivity index (χ2v) is 7.17. The molecule has 0 aromatic carbocycles. The standard InChI is InChI=1S/C18H34N8O7/c19-6-2-1-4-12(17(32)33)26-16(31)11(5-3-7-23-18(21)22)25-13(27)9-24-15(30)10(20)8-14(28)29/h10-12H,1-9,19-20H2,(H,24,30)(H,25,27)(H,26,31)(H,28,29)(H,32,33)(H4,21,22,23). The van der Waals surface area contributed by atoms with Gasteiger partial charge in [0.2, 0.25) is 17.7 Å². The Morgan fingerprint density at radius 2 is 1.52 bits per heavy atom. The third-order valence-corrected chi connectivity index (χ3v) is 4.31. The summed E-state index contributed by atoms with van der Waals surface area (Å²) in [6.07, 6.45) is 0.974. The van der Waals surface area contributed by atoms with Gasteiger partial charge in [0.05, 0.1) is 19.0 Å². The lowest BCUT2D eigenvalue weighted by Gasteiger charge is -2.21. The van der Waals surface area contributed by atoms with Gasteiger partial charge in [0, 0.05) is 6.54 Å². The number of nitrogens with one attached hydrogen (secondary N) is 3. The maximum atomic E-state index is 12.7. The van der Waals surface area contributed by atoms with E-state index in [4.69, 9.17) is 28.0 Å². The predicted molar refractivity (Wildman–Crippen MR) is 118 cm³/mol. The number of carboxylic acid groups (broad SMARTS) is 2. The molecule has 15 heteroatoms. The lowest BCUT2D eigenvalue weighted by Crippen LogP contribution is -2.53. The van der Waals surface area contributed by atoms with Crippen molar-refractivity contribution in [3.05, 3.63) is 0 Å². The molecular formula is C18H34N8O7. The molecule has 0 spiro atoms. The number of rotatable bonds is 17. The summed E-state index contributed by atoms with van der Waals surface area (Å²) in [6.45, 7) is -0.0179. The number of carboxylic acids is 2. The first kappa shape index (κ1) is 29.5. The third kappa shape index (κ3) is 14.3. The van der Waals surface area contributed by atoms with E-state index in [1.807, 2.05) is 0 Å². The third-order valence-electron chi connectivity index (χ3n) is 4.31. The molecule has 0 fully saturated rings. The molecule has 3 atom stereocenters. The van der Waals surface area contributed by atoms with Gasteiger partial charge in [-0.15, -0.1) is 0 Å². The topological polar surface area (TPSA) is 278 Å². The molecule has 0 aromatic rings. The van der Waals surface area contributed by atoms with Gasteiger partial charge in [0.15, 0.2) is 5.96 Å². The molecule has 0 bridgehead atoms. The van der Waals surface area contributed by atoms with Crippen molar-refractivity contribution in [2.75, 3.05) is 19.6 Å². The average molecular weight is 475 g/mol. The van der Waals surface area contributed by atoms with Crippen LogP contribution in [0, 0.1) is 0 Å². The normalized spacial score (nSPS) is 13.2. The van der Waals surface area contributed by atoms with Crippen molar-refractivity contribution in [2.24, 2.45) is 27.9 Å². The minimum absolute atomic E-state index is 0.0793. The number of carbonyl (C=O) groups excluding carboxylic acids is 3. The summed E-state index contributed by atoms with van der Waals surface area (Å²) in [5.41, 5.74) is 21.3. The summed E-state index contributed by atoms with van der Waals surface area (Å²) in [6, 6.07) is -3.65. The lowest BCUT2D eigenvalue weighted by molar-refractivity contribution is -0.142. The second-order valence-electron chi connectivity index (χ2n) is 7.17. The van der Waals surface area contributed by atoms with Crippen molar-refractivity contribution < 1.29 is 34.2 Å². The molecule has 15 nitrogen and oxygen atoms in total. The Labute approximate surface area is 190 Å². The van der Waals surface area contributed by atoms with Crippen LogP contribution in [0.15, 0.2) is 4.99 Å². The van der Waals surface area contributed by atoms with Crippen LogP contribution in [0.5, 0.6) is 0 Å². The van der Waals surface area contributed by atoms with Crippen molar-refractivity contribution in [1.29, 1.82) is 0 Å². The molecule has 188 valence electrons. The molecule has 0 aliphatic rings. The number of hydrogen-bond acceptors (Lipinski definition) is 8. The van der Waals surface area contributed by atoms with Gasteiger partial charge in [-0.05, 0) is 38.6 Å². The number of aliphatic imine (C=N–C) groups is 1. The fourth-order valence-electron chi connectivity index (χ4n) is 2.62. The number of guanidine groups is 1. The van der Waals surface area contributed by atoms with E-state index >= 15 is 0 Å². The molecule has 33 heavy (non-hydrogen) atoms. The Balaban J connectivity index is 5.04. The quantitative estimate of drug-likeness (QED) is 0.0558. The minimum Gasteiger partial charge on any atom is -0.481 e. The monoisotopic (exact) mass is 474 g/mol. The van der Waals surface area contributed by atoms with Gasteiger partial charge >= 0.3 is 11.9 Å². The molecule has 0 aliphatic carbocycles. The van der Waals surface area contributed by atoms with E-state index in [9.17, 15) is 29.1 Å². The zero-order valence-electron chi connectivity index (χ0n) is 18.3. The van der Waals surface area contributed by atoms with Gasteiger partial charge in [0.1, 0.15) is 12.1 Å². The number of unbranched alkanes of at least 4 members (excludes halogenated alkanes) is 1. The van der Waals surface area contributed by atoms with Gasteiger partial charge in [0.25, 0.3) is 0 Å². The average Bonchev–Trinajstić information content (AvgIpc) is 2.72. The Bertz CT molecular complexity index is 712. The molecule has 0 heterocycles. The fourth-order valence-corrected chi connectivity index (χ4v) is 2.62. The zero-order chi connectivity index (χ0) is 25.4. The summed E-state index contributed by atoms with van der Waals surface area (Å²) in [5, 5.41) is 25.0. The highest BCUT2D eigenvalue weighted by Crippen LogP contribution is 2.04. The van der Waals surface area contributed by atoms with Crippen LogP contribution in [-0.4, -0.2) is 83.6 Å². The SMILES string of the molecule is NCCCCC(NC(=O)C(CCCN=C(N)N)NC(=O)CNC(=O)C(N)CC(=O)O)C(=O)O. The minimum atomic E-state index is -1.35. The van der Waals surface area contributed by atoms with Crippen LogP contribution < -0.4 is 38.9 Å². The Morgan fingerprint density at radius 1 is 0.879 bits per heavy atom. The van der Waals surface area contributed by atoms with E-state index in [1.54, 1.807) is 0 Å². The number of nitrogens with two attached hydrogens (primary N) is 4. The van der Waals surface area contributed by atoms with Gasteiger partial charge in [-0.2, -0.15) is 0 Å². The predicted octanol–water partition coefficient (Wildman–Crippen LogP) is -3.86. The molecule has 0 saturated carbocycles. The first-order valence-corrected chi connectivity index (χ1v) is 10.3. The molecular weight excluding hydrogens is 440 g/mol. The highest BCUT2D eigenvalue weighted by molar-refractivity contribution is 5.93. The Hall–Kier alpha value is -3.46. The van der Waals surface area contributed by atoms with Gasteiger partial charge in [-0.3, -0.25) is 24.2 Å². The maximum Gasteiger partial charge on any atom is 0.326 e. The largest absolute Gasteiger partial charge is 0.481 e. The second kappa shape index (κ2) is 16.2. The fraction of sp³-hybridized carbons (Fsp3) is 0.667. The Morgan fingerprint density at radius 3 is 2.06 bits per heavy atom. The van der Waals surface area contributed by atoms with E-state index in [0.29, 0.717) is 19.4 Å². The van der Waals surface area contributed by atoms with Crippen LogP contribution >= 0.6 is 0 Å². The van der Waals surface area contributed by atoms with Crippen LogP contribution in [-0.2, 0) is 24.0 Å². The van der Waals surface area contributed by atoms with Crippen LogP contribution in [0.2, 0.25) is 0 Å². The first-order valence-electron chi connectivity index (χ1n) is 10.3. The van der Waals surface area contributed by atoms with E-state index in [-0.39, 0.29) is 31.8 Å². The number of nitrogens with zero attached hydrogens (tertiary/aromatic N) is 1. The Kier molecular flexibility index (Phi) is 14.5. The van der Waals surface area contributed by atoms with Crippen molar-refractivity contribution in [3.63, 3.8) is 0 Å². The van der Waals surface area contributed by atoms with Crippen molar-refractivity contribution in [3.8, 4) is 0 Å². The van der Waals surface area contributed by atoms with Gasteiger partial charge < -0.3 is 49.1 Å². The molecule has 0 rings (SSSR count). The summed E-state index contributed by atoms with van der Waals surface area (Å²) < 4.78 is 0. The first-order chi connectivity index (χ1) is 15.5. The van der Waals surface area contributed by atoms with Crippen molar-refractivity contribution >= 4 is 35.6 Å². The smallest absolute Gasteiger partial charge is 0.326 e. The van der Waals surface area contributed by atoms with Crippen LogP contribution in [0.25, 0.3) is 0 Å². The summed E-state index contributed by atoms with van der Waals surface area (Å²) in [7, 11) is 0. The molecule has 0 saturated heterocycles. The number of hydrogen-bond donors (Lipinski definition) is 9. The number of aliphatic carboxylic acids is 2. The van der Waals surface area contributed by atoms with Crippen LogP contribution in [0.4, 0.5) is 0 Å². The molecule has 13 N–H and O–H groups in total. The summed E-state index contributed by atoms with van der Waals surface area (Å²) in [4.78, 5) is 62.4. The molecule has 3 unspecified atom stereocenters. The zero-order valence-corrected chi connectivity index (χ0v) is 18.3. The van der Waals surface area contributed by atoms with Gasteiger partial charge in [-0.1, -0.05) is 0 Å². The summed E-state index contributed by atoms with van der Waals surface area (Å²) >= 11 is 0. The molecule has 0 aliphatic heterocycles. The van der Waals surface area contributed by atoms with E-state index in [0.717, 1.165) is 0 Å². The lowest BCUT2D eigenvalue weighted by atomic mass is 10.1. The maximum absolute atomic E-state index is 12.7. The molecule has 0 radical (unpaired) electrons. The highest BCUT2D eigenvalue weighted by Gasteiger charge is 2.26. The van der Waals surface area contributed by atoms with Crippen LogP contribution in [0.3, 0.4) is 0 Å². The molecule has 0 aromatic heterocycles. The van der Waals surface area contributed by atoms with Crippen molar-refractivity contribution in [2.45, 2.75) is 56.7 Å². The van der Waals surface area contributed by atoms with E-state index < -0.39 is 60.8 Å². The van der Waals surface area contributed by atoms with Gasteiger partial charge in [-0.25, -0.2) is 4.79 Å².